The van der Waals surface area contributed by atoms with Crippen LogP contribution < -0.4 is 10.6 Å². The van der Waals surface area contributed by atoms with E-state index < -0.39 is 6.10 Å². The summed E-state index contributed by atoms with van der Waals surface area (Å²) in [6.07, 6.45) is -0.603. The minimum atomic E-state index is -0.603. The van der Waals surface area contributed by atoms with Gasteiger partial charge in [-0.05, 0) is 12.1 Å². The Kier molecular flexibility index (Phi) is 7.87. The van der Waals surface area contributed by atoms with Crippen LogP contribution >= 0.6 is 0 Å². The normalized spacial score (nSPS) is 12.4. The third kappa shape index (κ3) is 6.65. The van der Waals surface area contributed by atoms with Gasteiger partial charge in [-0.3, -0.25) is 4.79 Å². The lowest BCUT2D eigenvalue weighted by atomic mass is 10.3. The Morgan fingerprint density at radius 3 is 2.55 bits per heavy atom. The van der Waals surface area contributed by atoms with Gasteiger partial charge in [-0.2, -0.15) is 0 Å². The van der Waals surface area contributed by atoms with Crippen LogP contribution in [0.1, 0.15) is 13.8 Å². The number of benzene rings is 1. The Bertz CT molecular complexity index is 382. The summed E-state index contributed by atoms with van der Waals surface area (Å²) < 4.78 is 10.6. The van der Waals surface area contributed by atoms with Crippen LogP contribution in [-0.2, 0) is 14.3 Å². The lowest BCUT2D eigenvalue weighted by molar-refractivity contribution is -0.130. The largest absolute Gasteiger partial charge is 0.381 e. The average Bonchev–Trinajstić information content (AvgIpc) is 2.43. The van der Waals surface area contributed by atoms with Crippen LogP contribution in [0.15, 0.2) is 30.3 Å². The van der Waals surface area contributed by atoms with Crippen LogP contribution in [0.25, 0.3) is 0 Å². The van der Waals surface area contributed by atoms with E-state index in [1.807, 2.05) is 30.3 Å². The first-order valence-corrected chi connectivity index (χ1v) is 6.83. The van der Waals surface area contributed by atoms with Crippen LogP contribution in [0.5, 0.6) is 0 Å². The van der Waals surface area contributed by atoms with Crippen molar-refractivity contribution in [1.82, 2.24) is 5.32 Å². The third-order valence-electron chi connectivity index (χ3n) is 2.63. The molecule has 20 heavy (non-hydrogen) atoms. The van der Waals surface area contributed by atoms with Crippen LogP contribution in [0.2, 0.25) is 0 Å². The zero-order chi connectivity index (χ0) is 14.8. The van der Waals surface area contributed by atoms with Crippen molar-refractivity contribution in [2.24, 2.45) is 0 Å². The minimum Gasteiger partial charge on any atom is -0.381 e. The van der Waals surface area contributed by atoms with Gasteiger partial charge in [0, 0.05) is 25.4 Å². The Balaban J connectivity index is 2.41. The number of nitrogens with one attached hydrogen (secondary N) is 2. The highest BCUT2D eigenvalue weighted by Crippen LogP contribution is 2.06. The van der Waals surface area contributed by atoms with E-state index in [0.717, 1.165) is 5.69 Å². The molecule has 0 heterocycles. The second-order valence-electron chi connectivity index (χ2n) is 4.78. The van der Waals surface area contributed by atoms with Gasteiger partial charge in [0.15, 0.2) is 6.10 Å². The van der Waals surface area contributed by atoms with Gasteiger partial charge in [0.25, 0.3) is 5.91 Å². The Hall–Kier alpha value is -1.43. The molecular weight excluding hydrogens is 256 g/mol. The van der Waals surface area contributed by atoms with Crippen molar-refractivity contribution in [2.45, 2.75) is 26.0 Å². The molecule has 0 saturated carbocycles. The van der Waals surface area contributed by atoms with Crippen LogP contribution in [0, 0.1) is 0 Å². The van der Waals surface area contributed by atoms with Crippen LogP contribution in [0.4, 0.5) is 5.69 Å². The quantitative estimate of drug-likeness (QED) is 0.675. The molecule has 2 N–H and O–H groups in total. The van der Waals surface area contributed by atoms with Crippen molar-refractivity contribution < 1.29 is 14.3 Å². The number of hydrogen-bond acceptors (Lipinski definition) is 4. The van der Waals surface area contributed by atoms with Crippen LogP contribution in [0.3, 0.4) is 0 Å². The average molecular weight is 280 g/mol. The molecule has 1 aromatic rings. The molecule has 0 fully saturated rings. The molecule has 1 unspecified atom stereocenters. The summed E-state index contributed by atoms with van der Waals surface area (Å²) in [6.45, 7) is 5.54. The molecule has 1 atom stereocenters. The van der Waals surface area contributed by atoms with Gasteiger partial charge >= 0.3 is 0 Å². The highest BCUT2D eigenvalue weighted by atomic mass is 16.5. The molecule has 0 aliphatic heterocycles. The summed E-state index contributed by atoms with van der Waals surface area (Å²) in [4.78, 5) is 12.1. The van der Waals surface area contributed by atoms with Crippen molar-refractivity contribution in [3.63, 3.8) is 0 Å². The molecule has 1 rings (SSSR count). The second-order valence-corrected chi connectivity index (χ2v) is 4.78. The highest BCUT2D eigenvalue weighted by molar-refractivity contribution is 5.94. The number of methoxy groups -OCH3 is 1. The summed E-state index contributed by atoms with van der Waals surface area (Å²) in [5.74, 6) is -0.192. The smallest absolute Gasteiger partial charge is 0.255 e. The van der Waals surface area contributed by atoms with E-state index in [4.69, 9.17) is 9.47 Å². The first kappa shape index (κ1) is 16.6. The van der Waals surface area contributed by atoms with Crippen molar-refractivity contribution in [1.29, 1.82) is 0 Å². The Labute approximate surface area is 120 Å². The van der Waals surface area contributed by atoms with Gasteiger partial charge in [-0.1, -0.05) is 32.0 Å². The number of rotatable bonds is 9. The summed E-state index contributed by atoms with van der Waals surface area (Å²) in [7, 11) is 1.55. The minimum absolute atomic E-state index is 0.192. The van der Waals surface area contributed by atoms with Gasteiger partial charge in [0.1, 0.15) is 0 Å². The first-order valence-electron chi connectivity index (χ1n) is 6.83. The van der Waals surface area contributed by atoms with E-state index in [1.54, 1.807) is 7.11 Å². The van der Waals surface area contributed by atoms with E-state index in [9.17, 15) is 4.79 Å². The summed E-state index contributed by atoms with van der Waals surface area (Å²) in [5.41, 5.74) is 0.752. The van der Waals surface area contributed by atoms with Gasteiger partial charge < -0.3 is 20.1 Å². The van der Waals surface area contributed by atoms with Gasteiger partial charge in [0.2, 0.25) is 0 Å². The number of hydrogen-bond donors (Lipinski definition) is 2. The second kappa shape index (κ2) is 9.47. The molecule has 0 radical (unpaired) electrons. The molecule has 1 amide bonds. The van der Waals surface area contributed by atoms with Gasteiger partial charge in [-0.25, -0.2) is 0 Å². The van der Waals surface area contributed by atoms with Crippen molar-refractivity contribution >= 4 is 11.6 Å². The van der Waals surface area contributed by atoms with E-state index in [-0.39, 0.29) is 12.5 Å². The maximum atomic E-state index is 12.1. The first-order chi connectivity index (χ1) is 9.63. The maximum Gasteiger partial charge on any atom is 0.255 e. The van der Waals surface area contributed by atoms with Crippen molar-refractivity contribution in [3.8, 4) is 0 Å². The zero-order valence-corrected chi connectivity index (χ0v) is 12.4. The van der Waals surface area contributed by atoms with Gasteiger partial charge in [0.05, 0.1) is 13.2 Å². The molecule has 0 aliphatic carbocycles. The number of anilines is 1. The fraction of sp³-hybridized carbons (Fsp3) is 0.533. The topological polar surface area (TPSA) is 59.6 Å². The lowest BCUT2D eigenvalue weighted by Gasteiger charge is -2.17. The van der Waals surface area contributed by atoms with Crippen molar-refractivity contribution in [2.75, 3.05) is 32.2 Å². The molecule has 0 bridgehead atoms. The summed E-state index contributed by atoms with van der Waals surface area (Å²) >= 11 is 0. The number of carbonyl (C=O) groups excluding carboxylic acids is 1. The fourth-order valence-electron chi connectivity index (χ4n) is 1.64. The molecule has 0 aliphatic rings. The van der Waals surface area contributed by atoms with E-state index in [1.165, 1.54) is 0 Å². The SMILES string of the molecule is COCC(OCCNC(C)C)C(=O)Nc1ccccc1. The van der Waals surface area contributed by atoms with E-state index in [0.29, 0.717) is 19.2 Å². The molecule has 0 aromatic heterocycles. The van der Waals surface area contributed by atoms with E-state index >= 15 is 0 Å². The summed E-state index contributed by atoms with van der Waals surface area (Å²) in [6, 6.07) is 9.71. The Morgan fingerprint density at radius 1 is 1.25 bits per heavy atom. The summed E-state index contributed by atoms with van der Waals surface area (Å²) in [5, 5.41) is 6.05. The molecular formula is C15H24N2O3. The van der Waals surface area contributed by atoms with Gasteiger partial charge in [-0.15, -0.1) is 0 Å². The van der Waals surface area contributed by atoms with Crippen LogP contribution in [-0.4, -0.2) is 44.9 Å². The van der Waals surface area contributed by atoms with E-state index in [2.05, 4.69) is 24.5 Å². The molecule has 0 spiro atoms. The number of para-hydroxylation sites is 1. The standard InChI is InChI=1S/C15H24N2O3/c1-12(2)16-9-10-20-14(11-19-3)15(18)17-13-7-5-4-6-8-13/h4-8,12,14,16H,9-11H2,1-3H3,(H,17,18). The van der Waals surface area contributed by atoms with Crippen molar-refractivity contribution in [3.05, 3.63) is 30.3 Å². The highest BCUT2D eigenvalue weighted by Gasteiger charge is 2.19. The molecule has 0 saturated heterocycles. The number of amides is 1. The molecule has 5 heteroatoms. The monoisotopic (exact) mass is 280 g/mol. The predicted octanol–water partition coefficient (Wildman–Crippen LogP) is 1.65. The lowest BCUT2D eigenvalue weighted by Crippen LogP contribution is -2.37. The third-order valence-corrected chi connectivity index (χ3v) is 2.63. The zero-order valence-electron chi connectivity index (χ0n) is 12.4. The predicted molar refractivity (Wildman–Crippen MR) is 79.8 cm³/mol. The maximum absolute atomic E-state index is 12.1. The Morgan fingerprint density at radius 2 is 1.95 bits per heavy atom. The molecule has 5 nitrogen and oxygen atoms in total. The number of carbonyl (C=O) groups is 1. The fourth-order valence-corrected chi connectivity index (χ4v) is 1.64. The molecule has 112 valence electrons. The molecule has 1 aromatic carbocycles. The number of ether oxygens (including phenoxy) is 2.